The highest BCUT2D eigenvalue weighted by Gasteiger charge is 2.12. The number of benzene rings is 1. The van der Waals surface area contributed by atoms with E-state index in [0.717, 1.165) is 43.3 Å². The minimum Gasteiger partial charge on any atom is -0.494 e. The lowest BCUT2D eigenvalue weighted by Crippen LogP contribution is -2.28. The first-order chi connectivity index (χ1) is 10.3. The molecule has 2 rings (SSSR count). The molecule has 1 saturated heterocycles. The Morgan fingerprint density at radius 3 is 2.62 bits per heavy atom. The van der Waals surface area contributed by atoms with Crippen molar-refractivity contribution in [1.29, 1.82) is 0 Å². The molecular weight excluding hydrogens is 266 g/mol. The predicted molar refractivity (Wildman–Crippen MR) is 82.5 cm³/mol. The van der Waals surface area contributed by atoms with Crippen molar-refractivity contribution in [3.8, 4) is 5.75 Å². The average Bonchev–Trinajstić information content (AvgIpc) is 2.50. The third kappa shape index (κ3) is 5.76. The van der Waals surface area contributed by atoms with Crippen LogP contribution in [0.15, 0.2) is 24.3 Å². The Morgan fingerprint density at radius 2 is 1.95 bits per heavy atom. The monoisotopic (exact) mass is 291 g/mol. The molecule has 1 aromatic rings. The molecule has 1 N–H and O–H groups in total. The number of hydrogen-bond donors (Lipinski definition) is 1. The second kappa shape index (κ2) is 8.67. The zero-order chi connectivity index (χ0) is 14.9. The molecule has 4 heteroatoms. The molecule has 1 heterocycles. The third-order valence-electron chi connectivity index (χ3n) is 3.83. The van der Waals surface area contributed by atoms with Crippen molar-refractivity contribution in [3.05, 3.63) is 29.8 Å². The molecule has 0 atom stereocenters. The van der Waals surface area contributed by atoms with Gasteiger partial charge in [-0.1, -0.05) is 12.1 Å². The van der Waals surface area contributed by atoms with E-state index in [-0.39, 0.29) is 5.97 Å². The average molecular weight is 291 g/mol. The van der Waals surface area contributed by atoms with E-state index in [1.165, 1.54) is 12.8 Å². The van der Waals surface area contributed by atoms with Crippen LogP contribution in [0.2, 0.25) is 0 Å². The van der Waals surface area contributed by atoms with Gasteiger partial charge in [-0.25, -0.2) is 0 Å². The molecule has 4 nitrogen and oxygen atoms in total. The van der Waals surface area contributed by atoms with Crippen LogP contribution >= 0.6 is 0 Å². The first-order valence-electron chi connectivity index (χ1n) is 7.86. The topological polar surface area (TPSA) is 47.6 Å². The van der Waals surface area contributed by atoms with Crippen molar-refractivity contribution < 1.29 is 14.3 Å². The highest BCUT2D eigenvalue weighted by Crippen LogP contribution is 2.18. The number of carbonyl (C=O) groups excluding carboxylic acids is 1. The first kappa shape index (κ1) is 15.8. The Bertz CT molecular complexity index is 424. The molecule has 0 unspecified atom stereocenters. The van der Waals surface area contributed by atoms with Crippen molar-refractivity contribution in [1.82, 2.24) is 5.32 Å². The summed E-state index contributed by atoms with van der Waals surface area (Å²) in [5.41, 5.74) is 0.958. The lowest BCUT2D eigenvalue weighted by Gasteiger charge is -2.22. The number of rotatable bonds is 7. The second-order valence-electron chi connectivity index (χ2n) is 5.46. The molecule has 0 amide bonds. The SMILES string of the molecule is CCOC(=O)Cc1ccc(OCCC2CCNCC2)cc1. The normalized spacial score (nSPS) is 15.7. The molecular formula is C17H25NO3. The standard InChI is InChI=1S/C17H25NO3/c1-2-20-17(19)13-15-3-5-16(6-4-15)21-12-9-14-7-10-18-11-8-14/h3-6,14,18H,2,7-13H2,1H3. The largest absolute Gasteiger partial charge is 0.494 e. The molecule has 0 spiro atoms. The van der Waals surface area contributed by atoms with Crippen LogP contribution in [0.4, 0.5) is 0 Å². The van der Waals surface area contributed by atoms with Gasteiger partial charge in [-0.2, -0.15) is 0 Å². The van der Waals surface area contributed by atoms with Gasteiger partial charge in [0, 0.05) is 0 Å². The number of nitrogens with one attached hydrogen (secondary N) is 1. The van der Waals surface area contributed by atoms with Gasteiger partial charge in [0.05, 0.1) is 19.6 Å². The summed E-state index contributed by atoms with van der Waals surface area (Å²) in [4.78, 5) is 11.4. The molecule has 0 aromatic heterocycles. The van der Waals surface area contributed by atoms with Crippen molar-refractivity contribution in [2.45, 2.75) is 32.6 Å². The fraction of sp³-hybridized carbons (Fsp3) is 0.588. The smallest absolute Gasteiger partial charge is 0.310 e. The Labute approximate surface area is 126 Å². The van der Waals surface area contributed by atoms with Gasteiger partial charge in [-0.15, -0.1) is 0 Å². The number of hydrogen-bond acceptors (Lipinski definition) is 4. The van der Waals surface area contributed by atoms with Crippen molar-refractivity contribution in [2.24, 2.45) is 5.92 Å². The van der Waals surface area contributed by atoms with Crippen LogP contribution in [-0.4, -0.2) is 32.3 Å². The molecule has 1 aromatic carbocycles. The van der Waals surface area contributed by atoms with E-state index in [0.29, 0.717) is 13.0 Å². The van der Waals surface area contributed by atoms with E-state index in [1.54, 1.807) is 0 Å². The summed E-state index contributed by atoms with van der Waals surface area (Å²) in [7, 11) is 0. The van der Waals surface area contributed by atoms with E-state index in [9.17, 15) is 4.79 Å². The fourth-order valence-electron chi connectivity index (χ4n) is 2.60. The minimum absolute atomic E-state index is 0.183. The van der Waals surface area contributed by atoms with Crippen molar-refractivity contribution >= 4 is 5.97 Å². The minimum atomic E-state index is -0.183. The van der Waals surface area contributed by atoms with Gasteiger partial charge in [0.25, 0.3) is 0 Å². The quantitative estimate of drug-likeness (QED) is 0.784. The maximum absolute atomic E-state index is 11.4. The number of ether oxygens (including phenoxy) is 2. The zero-order valence-electron chi connectivity index (χ0n) is 12.8. The summed E-state index contributed by atoms with van der Waals surface area (Å²) in [6.45, 7) is 5.27. The van der Waals surface area contributed by atoms with Crippen LogP contribution in [0.5, 0.6) is 5.75 Å². The van der Waals surface area contributed by atoms with Gasteiger partial charge in [0.2, 0.25) is 0 Å². The van der Waals surface area contributed by atoms with Crippen LogP contribution in [0.3, 0.4) is 0 Å². The Balaban J connectivity index is 1.70. The highest BCUT2D eigenvalue weighted by molar-refractivity contribution is 5.72. The summed E-state index contributed by atoms with van der Waals surface area (Å²) < 4.78 is 10.7. The van der Waals surface area contributed by atoms with Gasteiger partial charge in [0.1, 0.15) is 5.75 Å². The molecule has 0 aliphatic carbocycles. The van der Waals surface area contributed by atoms with Crippen LogP contribution in [-0.2, 0) is 16.0 Å². The van der Waals surface area contributed by atoms with Crippen LogP contribution in [0.1, 0.15) is 31.7 Å². The van der Waals surface area contributed by atoms with Gasteiger partial charge in [-0.3, -0.25) is 4.79 Å². The number of piperidine rings is 1. The molecule has 1 aliphatic heterocycles. The Hall–Kier alpha value is -1.55. The third-order valence-corrected chi connectivity index (χ3v) is 3.83. The maximum atomic E-state index is 11.4. The summed E-state index contributed by atoms with van der Waals surface area (Å²) in [5, 5.41) is 3.37. The molecule has 1 aliphatic rings. The second-order valence-corrected chi connectivity index (χ2v) is 5.46. The Morgan fingerprint density at radius 1 is 1.24 bits per heavy atom. The highest BCUT2D eigenvalue weighted by atomic mass is 16.5. The summed E-state index contributed by atoms with van der Waals surface area (Å²) >= 11 is 0. The van der Waals surface area contributed by atoms with E-state index >= 15 is 0 Å². The lowest BCUT2D eigenvalue weighted by molar-refractivity contribution is -0.142. The predicted octanol–water partition coefficient (Wildman–Crippen LogP) is 2.56. The van der Waals surface area contributed by atoms with Crippen LogP contribution < -0.4 is 10.1 Å². The number of esters is 1. The molecule has 0 radical (unpaired) electrons. The molecule has 0 saturated carbocycles. The van der Waals surface area contributed by atoms with E-state index in [2.05, 4.69) is 5.32 Å². The number of carbonyl (C=O) groups is 1. The lowest BCUT2D eigenvalue weighted by atomic mass is 9.95. The Kier molecular flexibility index (Phi) is 6.54. The van der Waals surface area contributed by atoms with Gasteiger partial charge in [-0.05, 0) is 62.9 Å². The molecule has 0 bridgehead atoms. The summed E-state index contributed by atoms with van der Waals surface area (Å²) in [6.07, 6.45) is 3.94. The van der Waals surface area contributed by atoms with Crippen molar-refractivity contribution in [3.63, 3.8) is 0 Å². The summed E-state index contributed by atoms with van der Waals surface area (Å²) in [5.74, 6) is 1.47. The van der Waals surface area contributed by atoms with Gasteiger partial charge >= 0.3 is 5.97 Å². The van der Waals surface area contributed by atoms with E-state index < -0.39 is 0 Å². The zero-order valence-corrected chi connectivity index (χ0v) is 12.8. The van der Waals surface area contributed by atoms with Gasteiger partial charge in [0.15, 0.2) is 0 Å². The van der Waals surface area contributed by atoms with Crippen LogP contribution in [0.25, 0.3) is 0 Å². The molecule has 21 heavy (non-hydrogen) atoms. The van der Waals surface area contributed by atoms with E-state index in [1.807, 2.05) is 31.2 Å². The maximum Gasteiger partial charge on any atom is 0.310 e. The summed E-state index contributed by atoms with van der Waals surface area (Å²) in [6, 6.07) is 7.71. The van der Waals surface area contributed by atoms with E-state index in [4.69, 9.17) is 9.47 Å². The van der Waals surface area contributed by atoms with Crippen molar-refractivity contribution in [2.75, 3.05) is 26.3 Å². The molecule has 116 valence electrons. The van der Waals surface area contributed by atoms with Gasteiger partial charge < -0.3 is 14.8 Å². The molecule has 1 fully saturated rings. The first-order valence-corrected chi connectivity index (χ1v) is 7.86. The fourth-order valence-corrected chi connectivity index (χ4v) is 2.60. The van der Waals surface area contributed by atoms with Crippen LogP contribution in [0, 0.1) is 5.92 Å².